The summed E-state index contributed by atoms with van der Waals surface area (Å²) in [5, 5.41) is 36.1. The molecule has 0 aliphatic carbocycles. The van der Waals surface area contributed by atoms with Gasteiger partial charge in [-0.1, -0.05) is 152 Å². The number of hydrogen-bond donors (Lipinski definition) is 3. The van der Waals surface area contributed by atoms with Crippen molar-refractivity contribution < 1.29 is 53.2 Å². The standard InChI is InChI=1S/C51H60O11/c1-50(2)60-35-44(62-50)47(58-32-40-24-14-6-15-25-40)49(53)51(54,36-52)28-42-45(56-30-38-20-10-4-11-21-38)48(59-33-41-26-16-7-17-27-41)46(57-31-39-22-12-5-13-23-39)43(61-42)34-55-29-37-18-8-3-9-19-37/h3-27,42-49,52-54H,28-36H2,1-2H3/t42-,43-,44-,45+,46-,47-,48-,49+,51+/m1/s1/i36+1. The molecule has 0 aromatic heterocycles. The second kappa shape index (κ2) is 22.3. The second-order valence-corrected chi connectivity index (χ2v) is 16.5. The Labute approximate surface area is 365 Å². The number of aliphatic hydroxyl groups excluding tert-OH is 2. The second-order valence-electron chi connectivity index (χ2n) is 16.5. The van der Waals surface area contributed by atoms with Gasteiger partial charge in [0.15, 0.2) is 5.79 Å². The van der Waals surface area contributed by atoms with Gasteiger partial charge in [0.2, 0.25) is 0 Å². The van der Waals surface area contributed by atoms with Gasteiger partial charge in [-0.3, -0.25) is 0 Å². The zero-order valence-corrected chi connectivity index (χ0v) is 35.5. The van der Waals surface area contributed by atoms with E-state index in [4.69, 9.17) is 37.9 Å². The largest absolute Gasteiger partial charge is 0.393 e. The number of benzene rings is 5. The Hall–Kier alpha value is -4.34. The Morgan fingerprint density at radius 1 is 0.597 bits per heavy atom. The maximum absolute atomic E-state index is 12.6. The van der Waals surface area contributed by atoms with Crippen molar-refractivity contribution in [1.82, 2.24) is 0 Å². The molecule has 11 heteroatoms. The molecular weight excluding hydrogens is 790 g/mol. The first-order valence-electron chi connectivity index (χ1n) is 21.4. The average molecular weight is 850 g/mol. The normalized spacial score (nSPS) is 24.3. The fourth-order valence-corrected chi connectivity index (χ4v) is 8.03. The minimum atomic E-state index is -2.19. The van der Waals surface area contributed by atoms with Gasteiger partial charge < -0.3 is 53.2 Å². The van der Waals surface area contributed by atoms with Gasteiger partial charge in [0.1, 0.15) is 48.3 Å². The van der Waals surface area contributed by atoms with E-state index in [-0.39, 0.29) is 46.1 Å². The lowest BCUT2D eigenvalue weighted by atomic mass is 9.85. The minimum absolute atomic E-state index is 0.102. The highest BCUT2D eigenvalue weighted by Crippen LogP contribution is 2.37. The molecule has 2 aliphatic heterocycles. The molecule has 2 saturated heterocycles. The Balaban J connectivity index is 1.23. The summed E-state index contributed by atoms with van der Waals surface area (Å²) in [7, 11) is 0. The molecule has 0 spiro atoms. The predicted molar refractivity (Wildman–Crippen MR) is 232 cm³/mol. The minimum Gasteiger partial charge on any atom is -0.393 e. The van der Waals surface area contributed by atoms with E-state index < -0.39 is 66.8 Å². The highest BCUT2D eigenvalue weighted by Gasteiger charge is 2.54. The van der Waals surface area contributed by atoms with Crippen LogP contribution in [0.2, 0.25) is 0 Å². The van der Waals surface area contributed by atoms with Gasteiger partial charge in [0.05, 0.1) is 59.0 Å². The van der Waals surface area contributed by atoms with Crippen molar-refractivity contribution in [3.8, 4) is 0 Å². The van der Waals surface area contributed by atoms with Crippen molar-refractivity contribution in [2.24, 2.45) is 0 Å². The molecule has 11 nitrogen and oxygen atoms in total. The van der Waals surface area contributed by atoms with Crippen molar-refractivity contribution in [3.05, 3.63) is 179 Å². The molecule has 0 unspecified atom stereocenters. The Kier molecular flexibility index (Phi) is 16.5. The third kappa shape index (κ3) is 12.6. The van der Waals surface area contributed by atoms with Crippen LogP contribution in [0.15, 0.2) is 152 Å². The summed E-state index contributed by atoms with van der Waals surface area (Å²) in [6.07, 6.45) is -7.88. The zero-order valence-electron chi connectivity index (χ0n) is 35.5. The van der Waals surface area contributed by atoms with Crippen LogP contribution in [-0.2, 0) is 70.9 Å². The summed E-state index contributed by atoms with van der Waals surface area (Å²) < 4.78 is 52.4. The van der Waals surface area contributed by atoms with E-state index in [1.54, 1.807) is 13.8 Å². The number of rotatable bonds is 22. The predicted octanol–water partition coefficient (Wildman–Crippen LogP) is 6.94. The fraction of sp³-hybridized carbons (Fsp3) is 0.412. The van der Waals surface area contributed by atoms with Crippen molar-refractivity contribution in [3.63, 3.8) is 0 Å². The van der Waals surface area contributed by atoms with Gasteiger partial charge in [0, 0.05) is 6.42 Å². The zero-order chi connectivity index (χ0) is 43.2. The van der Waals surface area contributed by atoms with E-state index in [2.05, 4.69) is 0 Å². The van der Waals surface area contributed by atoms with Crippen molar-refractivity contribution >= 4 is 0 Å². The van der Waals surface area contributed by atoms with Gasteiger partial charge in [-0.25, -0.2) is 0 Å². The van der Waals surface area contributed by atoms with Crippen molar-refractivity contribution in [2.75, 3.05) is 19.8 Å². The molecule has 5 aromatic carbocycles. The summed E-state index contributed by atoms with van der Waals surface area (Å²) in [6, 6.07) is 48.9. The Bertz CT molecular complexity index is 2010. The van der Waals surface area contributed by atoms with Crippen LogP contribution in [0.3, 0.4) is 0 Å². The topological polar surface area (TPSA) is 135 Å². The van der Waals surface area contributed by atoms with Gasteiger partial charge in [-0.2, -0.15) is 0 Å². The van der Waals surface area contributed by atoms with Crippen LogP contribution in [0.25, 0.3) is 0 Å². The molecule has 330 valence electrons. The molecule has 0 saturated carbocycles. The van der Waals surface area contributed by atoms with E-state index in [0.29, 0.717) is 6.61 Å². The molecule has 3 N–H and O–H groups in total. The molecule has 0 radical (unpaired) electrons. The molecule has 5 aromatic rings. The van der Waals surface area contributed by atoms with Gasteiger partial charge in [-0.15, -0.1) is 0 Å². The van der Waals surface area contributed by atoms with Crippen LogP contribution < -0.4 is 0 Å². The molecule has 2 aliphatic rings. The smallest absolute Gasteiger partial charge is 0.163 e. The molecule has 9 atom stereocenters. The van der Waals surface area contributed by atoms with Gasteiger partial charge in [0.25, 0.3) is 0 Å². The molecule has 2 fully saturated rings. The molecule has 7 rings (SSSR count). The highest BCUT2D eigenvalue weighted by atomic mass is 16.8. The van der Waals surface area contributed by atoms with E-state index in [1.165, 1.54) is 0 Å². The third-order valence-electron chi connectivity index (χ3n) is 11.4. The first kappa shape index (κ1) is 45.7. The van der Waals surface area contributed by atoms with E-state index in [9.17, 15) is 15.3 Å². The van der Waals surface area contributed by atoms with Crippen LogP contribution in [0, 0.1) is 0 Å². The Morgan fingerprint density at radius 2 is 1.02 bits per heavy atom. The summed E-state index contributed by atoms with van der Waals surface area (Å²) in [4.78, 5) is 0. The quantitative estimate of drug-likeness (QED) is 0.0626. The first-order valence-corrected chi connectivity index (χ1v) is 21.4. The summed E-state index contributed by atoms with van der Waals surface area (Å²) >= 11 is 0. The number of aliphatic hydroxyl groups is 3. The highest BCUT2D eigenvalue weighted by molar-refractivity contribution is 5.18. The summed E-state index contributed by atoms with van der Waals surface area (Å²) in [5.41, 5.74) is 2.48. The van der Waals surface area contributed by atoms with E-state index in [0.717, 1.165) is 27.8 Å². The third-order valence-corrected chi connectivity index (χ3v) is 11.4. The average Bonchev–Trinajstić information content (AvgIpc) is 3.67. The lowest BCUT2D eigenvalue weighted by Gasteiger charge is -2.48. The SMILES string of the molecule is CC1(C)OC[C@H]([C@@H](OCc2ccccc2)[C@H](O)[C@](O)(C[C@H]2O[C@H](COCc3ccccc3)[C@@H](OCc3ccccc3)[C@H](OCc3ccccc3)[C@H]2OCc2ccccc2)[13CH2]O)O1. The van der Waals surface area contributed by atoms with Gasteiger partial charge in [-0.05, 0) is 41.7 Å². The molecular formula is C51H60O11. The fourth-order valence-electron chi connectivity index (χ4n) is 8.03. The van der Waals surface area contributed by atoms with Crippen molar-refractivity contribution in [2.45, 2.75) is 114 Å². The molecule has 0 bridgehead atoms. The molecule has 0 amide bonds. The van der Waals surface area contributed by atoms with Crippen LogP contribution in [0.5, 0.6) is 0 Å². The first-order chi connectivity index (χ1) is 30.2. The maximum atomic E-state index is 12.6. The summed E-state index contributed by atoms with van der Waals surface area (Å²) in [5.74, 6) is -0.954. The number of ether oxygens (including phenoxy) is 8. The molecule has 2 heterocycles. The monoisotopic (exact) mass is 849 g/mol. The van der Waals surface area contributed by atoms with Crippen LogP contribution in [0.1, 0.15) is 48.1 Å². The summed E-state index contributed by atoms with van der Waals surface area (Å²) in [6.45, 7) is 4.03. The maximum Gasteiger partial charge on any atom is 0.163 e. The van der Waals surface area contributed by atoms with E-state index in [1.807, 2.05) is 152 Å². The lowest BCUT2D eigenvalue weighted by molar-refractivity contribution is -0.286. The van der Waals surface area contributed by atoms with E-state index >= 15 is 0 Å². The number of hydrogen-bond acceptors (Lipinski definition) is 11. The van der Waals surface area contributed by atoms with Crippen LogP contribution in [0.4, 0.5) is 0 Å². The van der Waals surface area contributed by atoms with Crippen molar-refractivity contribution in [1.29, 1.82) is 0 Å². The lowest BCUT2D eigenvalue weighted by Crippen LogP contribution is -2.65. The Morgan fingerprint density at radius 3 is 1.45 bits per heavy atom. The molecule has 62 heavy (non-hydrogen) atoms. The van der Waals surface area contributed by atoms with Crippen LogP contribution in [-0.4, -0.2) is 95.4 Å². The van der Waals surface area contributed by atoms with Crippen LogP contribution >= 0.6 is 0 Å². The van der Waals surface area contributed by atoms with Gasteiger partial charge >= 0.3 is 0 Å².